The average molecular weight is 334 g/mol. The number of hydrogen-bond acceptors (Lipinski definition) is 5. The van der Waals surface area contributed by atoms with Crippen molar-refractivity contribution in [2.24, 2.45) is 0 Å². The van der Waals surface area contributed by atoms with Crippen LogP contribution in [-0.4, -0.2) is 50.0 Å². The molecule has 1 aromatic carbocycles. The molecule has 24 heavy (non-hydrogen) atoms. The highest BCUT2D eigenvalue weighted by molar-refractivity contribution is 5.73. The van der Waals surface area contributed by atoms with Crippen molar-refractivity contribution in [2.75, 3.05) is 32.8 Å². The van der Waals surface area contributed by atoms with E-state index >= 15 is 0 Å². The maximum atomic E-state index is 11.4. The standard InChI is InChI=1S/C17H26N4O3/c1-2-3-8-20-17(23)21-10-9-19-12-15(22)13-24-16-7-5-4-6-14(16)11-18/h4-7,15,19,22H,2-3,8-10,12-13H2,1H3,(H2,20,21,23). The van der Waals surface area contributed by atoms with E-state index in [1.807, 2.05) is 6.07 Å². The predicted molar refractivity (Wildman–Crippen MR) is 91.8 cm³/mol. The number of hydrogen-bond donors (Lipinski definition) is 4. The number of nitriles is 1. The van der Waals surface area contributed by atoms with Crippen molar-refractivity contribution >= 4 is 6.03 Å². The molecule has 1 unspecified atom stereocenters. The molecule has 2 amide bonds. The summed E-state index contributed by atoms with van der Waals surface area (Å²) in [6, 6.07) is 8.75. The number of aliphatic hydroxyl groups is 1. The van der Waals surface area contributed by atoms with Gasteiger partial charge in [0, 0.05) is 26.2 Å². The summed E-state index contributed by atoms with van der Waals surface area (Å²) in [5.41, 5.74) is 0.441. The fourth-order valence-corrected chi connectivity index (χ4v) is 1.90. The summed E-state index contributed by atoms with van der Waals surface area (Å²) in [5.74, 6) is 0.462. The van der Waals surface area contributed by atoms with Crippen LogP contribution in [0.1, 0.15) is 25.3 Å². The van der Waals surface area contributed by atoms with Crippen LogP contribution in [0.3, 0.4) is 0 Å². The van der Waals surface area contributed by atoms with Crippen LogP contribution < -0.4 is 20.7 Å². The molecule has 0 saturated heterocycles. The van der Waals surface area contributed by atoms with E-state index in [2.05, 4.69) is 22.9 Å². The fourth-order valence-electron chi connectivity index (χ4n) is 1.90. The highest BCUT2D eigenvalue weighted by atomic mass is 16.5. The molecule has 0 spiro atoms. The summed E-state index contributed by atoms with van der Waals surface area (Å²) in [7, 11) is 0. The van der Waals surface area contributed by atoms with E-state index < -0.39 is 6.10 Å². The Morgan fingerprint density at radius 1 is 1.29 bits per heavy atom. The number of amides is 2. The number of urea groups is 1. The molecule has 0 bridgehead atoms. The molecular formula is C17H26N4O3. The molecule has 7 nitrogen and oxygen atoms in total. The van der Waals surface area contributed by atoms with Gasteiger partial charge >= 0.3 is 6.03 Å². The highest BCUT2D eigenvalue weighted by Gasteiger charge is 2.07. The van der Waals surface area contributed by atoms with Gasteiger partial charge in [0.15, 0.2) is 0 Å². The van der Waals surface area contributed by atoms with Crippen LogP contribution in [0.25, 0.3) is 0 Å². The molecule has 0 fully saturated rings. The molecular weight excluding hydrogens is 308 g/mol. The maximum absolute atomic E-state index is 11.4. The number of ether oxygens (including phenoxy) is 1. The smallest absolute Gasteiger partial charge is 0.314 e. The van der Waals surface area contributed by atoms with Crippen LogP contribution in [0.4, 0.5) is 4.79 Å². The lowest BCUT2D eigenvalue weighted by atomic mass is 10.2. The van der Waals surface area contributed by atoms with E-state index in [0.717, 1.165) is 12.8 Å². The zero-order valence-corrected chi connectivity index (χ0v) is 14.0. The summed E-state index contributed by atoms with van der Waals surface area (Å²) >= 11 is 0. The normalized spacial score (nSPS) is 11.4. The summed E-state index contributed by atoms with van der Waals surface area (Å²) in [5, 5.41) is 27.3. The number of unbranched alkanes of at least 4 members (excludes halogenated alkanes) is 1. The van der Waals surface area contributed by atoms with Crippen molar-refractivity contribution in [3.63, 3.8) is 0 Å². The SMILES string of the molecule is CCCCNC(=O)NCCNCC(O)COc1ccccc1C#N. The van der Waals surface area contributed by atoms with Crippen LogP contribution >= 0.6 is 0 Å². The van der Waals surface area contributed by atoms with Crippen molar-refractivity contribution in [2.45, 2.75) is 25.9 Å². The van der Waals surface area contributed by atoms with Crippen LogP contribution in [0.2, 0.25) is 0 Å². The Bertz CT molecular complexity index is 531. The first kappa shape index (κ1) is 19.7. The number of carbonyl (C=O) groups excluding carboxylic acids is 1. The van der Waals surface area contributed by atoms with Gasteiger partial charge in [-0.3, -0.25) is 0 Å². The Morgan fingerprint density at radius 2 is 2.04 bits per heavy atom. The number of nitrogens with zero attached hydrogens (tertiary/aromatic N) is 1. The van der Waals surface area contributed by atoms with E-state index in [-0.39, 0.29) is 12.6 Å². The summed E-state index contributed by atoms with van der Waals surface area (Å²) < 4.78 is 5.45. The minimum Gasteiger partial charge on any atom is -0.489 e. The number of para-hydroxylation sites is 1. The van der Waals surface area contributed by atoms with Gasteiger partial charge in [-0.05, 0) is 18.6 Å². The molecule has 0 aliphatic heterocycles. The van der Waals surface area contributed by atoms with Gasteiger partial charge in [0.1, 0.15) is 24.5 Å². The third-order valence-electron chi connectivity index (χ3n) is 3.22. The van der Waals surface area contributed by atoms with E-state index in [1.165, 1.54) is 0 Å². The second-order valence-corrected chi connectivity index (χ2v) is 5.31. The third kappa shape index (κ3) is 8.36. The molecule has 4 N–H and O–H groups in total. The van der Waals surface area contributed by atoms with Gasteiger partial charge in [0.25, 0.3) is 0 Å². The predicted octanol–water partition coefficient (Wildman–Crippen LogP) is 0.987. The lowest BCUT2D eigenvalue weighted by molar-refractivity contribution is 0.106. The van der Waals surface area contributed by atoms with Gasteiger partial charge in [-0.15, -0.1) is 0 Å². The minimum absolute atomic E-state index is 0.0939. The second-order valence-electron chi connectivity index (χ2n) is 5.31. The largest absolute Gasteiger partial charge is 0.489 e. The van der Waals surface area contributed by atoms with Gasteiger partial charge in [0.2, 0.25) is 0 Å². The first-order chi connectivity index (χ1) is 11.7. The molecule has 1 atom stereocenters. The van der Waals surface area contributed by atoms with E-state index in [0.29, 0.717) is 37.5 Å². The number of carbonyl (C=O) groups is 1. The van der Waals surface area contributed by atoms with Crippen LogP contribution in [0, 0.1) is 11.3 Å². The van der Waals surface area contributed by atoms with Crippen LogP contribution in [-0.2, 0) is 0 Å². The Hall–Kier alpha value is -2.30. The average Bonchev–Trinajstić information content (AvgIpc) is 2.60. The molecule has 0 radical (unpaired) electrons. The van der Waals surface area contributed by atoms with Crippen molar-refractivity contribution in [1.29, 1.82) is 5.26 Å². The van der Waals surface area contributed by atoms with Crippen LogP contribution in [0.5, 0.6) is 5.75 Å². The number of rotatable bonds is 11. The zero-order valence-electron chi connectivity index (χ0n) is 14.0. The van der Waals surface area contributed by atoms with Gasteiger partial charge < -0.3 is 25.8 Å². The molecule has 0 aliphatic carbocycles. The van der Waals surface area contributed by atoms with Crippen molar-refractivity contribution in [3.8, 4) is 11.8 Å². The molecule has 0 aromatic heterocycles. The fraction of sp³-hybridized carbons (Fsp3) is 0.529. The second kappa shape index (κ2) is 12.2. The zero-order chi connectivity index (χ0) is 17.6. The number of nitrogens with one attached hydrogen (secondary N) is 3. The molecule has 0 aliphatic rings. The molecule has 132 valence electrons. The van der Waals surface area contributed by atoms with Gasteiger partial charge in [-0.25, -0.2) is 4.79 Å². The lowest BCUT2D eigenvalue weighted by Gasteiger charge is -2.14. The lowest BCUT2D eigenvalue weighted by Crippen LogP contribution is -2.41. The quantitative estimate of drug-likeness (QED) is 0.452. The van der Waals surface area contributed by atoms with E-state index in [1.54, 1.807) is 24.3 Å². The minimum atomic E-state index is -0.699. The number of aliphatic hydroxyl groups excluding tert-OH is 1. The highest BCUT2D eigenvalue weighted by Crippen LogP contribution is 2.16. The molecule has 7 heteroatoms. The monoisotopic (exact) mass is 334 g/mol. The molecule has 0 heterocycles. The Morgan fingerprint density at radius 3 is 2.79 bits per heavy atom. The molecule has 0 saturated carbocycles. The van der Waals surface area contributed by atoms with E-state index in [4.69, 9.17) is 10.00 Å². The topological polar surface area (TPSA) is 106 Å². The van der Waals surface area contributed by atoms with E-state index in [9.17, 15) is 9.90 Å². The maximum Gasteiger partial charge on any atom is 0.314 e. The Kier molecular flexibility index (Phi) is 10.0. The van der Waals surface area contributed by atoms with Crippen molar-refractivity contribution < 1.29 is 14.6 Å². The Balaban J connectivity index is 2.09. The Labute approximate surface area is 143 Å². The van der Waals surface area contributed by atoms with Crippen molar-refractivity contribution in [1.82, 2.24) is 16.0 Å². The molecule has 1 aromatic rings. The van der Waals surface area contributed by atoms with Gasteiger partial charge in [-0.1, -0.05) is 25.5 Å². The summed E-state index contributed by atoms with van der Waals surface area (Å²) in [6.45, 7) is 4.20. The summed E-state index contributed by atoms with van der Waals surface area (Å²) in [4.78, 5) is 11.4. The van der Waals surface area contributed by atoms with Gasteiger partial charge in [0.05, 0.1) is 5.56 Å². The first-order valence-electron chi connectivity index (χ1n) is 8.19. The van der Waals surface area contributed by atoms with Crippen molar-refractivity contribution in [3.05, 3.63) is 29.8 Å². The van der Waals surface area contributed by atoms with Gasteiger partial charge in [-0.2, -0.15) is 5.26 Å². The van der Waals surface area contributed by atoms with Crippen LogP contribution in [0.15, 0.2) is 24.3 Å². The summed E-state index contributed by atoms with van der Waals surface area (Å²) in [6.07, 6.45) is 1.31. The first-order valence-corrected chi connectivity index (χ1v) is 8.19. The third-order valence-corrected chi connectivity index (χ3v) is 3.22. The number of benzene rings is 1. The molecule has 1 rings (SSSR count).